The van der Waals surface area contributed by atoms with Crippen LogP contribution >= 0.6 is 0 Å². The molecule has 0 bridgehead atoms. The van der Waals surface area contributed by atoms with E-state index in [4.69, 9.17) is 5.73 Å². The molecule has 6 nitrogen and oxygen atoms in total. The maximum atomic E-state index is 11.9. The van der Waals surface area contributed by atoms with Crippen LogP contribution in [-0.4, -0.2) is 50.4 Å². The molecule has 0 saturated carbocycles. The van der Waals surface area contributed by atoms with E-state index >= 15 is 0 Å². The highest BCUT2D eigenvalue weighted by Gasteiger charge is 2.33. The molecular weight excluding hydrogens is 256 g/mol. The van der Waals surface area contributed by atoms with E-state index in [9.17, 15) is 9.59 Å². The third-order valence-corrected chi connectivity index (χ3v) is 4.13. The molecule has 0 spiro atoms. The van der Waals surface area contributed by atoms with Crippen molar-refractivity contribution in [2.24, 2.45) is 5.73 Å². The highest BCUT2D eigenvalue weighted by Crippen LogP contribution is 2.36. The minimum Gasteiger partial charge on any atom is -0.360 e. The molecule has 0 radical (unpaired) electrons. The Morgan fingerprint density at radius 3 is 2.65 bits per heavy atom. The molecule has 3 rings (SSSR count). The molecule has 106 valence electrons. The first-order valence-corrected chi connectivity index (χ1v) is 6.65. The molecule has 6 heteroatoms. The van der Waals surface area contributed by atoms with Gasteiger partial charge in [-0.05, 0) is 12.1 Å². The number of hydrogen-bond donors (Lipinski definition) is 1. The number of anilines is 2. The Morgan fingerprint density at radius 2 is 1.95 bits per heavy atom. The number of likely N-dealkylation sites (N-methyl/N-ethyl adjacent to an activating group) is 2. The van der Waals surface area contributed by atoms with Crippen LogP contribution in [-0.2, 0) is 9.59 Å². The number of amides is 2. The summed E-state index contributed by atoms with van der Waals surface area (Å²) in [7, 11) is 3.54. The zero-order chi connectivity index (χ0) is 14.4. The Hall–Kier alpha value is -2.08. The van der Waals surface area contributed by atoms with Gasteiger partial charge in [-0.2, -0.15) is 0 Å². The third kappa shape index (κ3) is 1.84. The van der Waals surface area contributed by atoms with Gasteiger partial charge in [0, 0.05) is 38.4 Å². The molecular formula is C14H18N4O2. The summed E-state index contributed by atoms with van der Waals surface area (Å²) in [6, 6.07) is 5.19. The normalized spacial score (nSPS) is 22.6. The second-order valence-electron chi connectivity index (χ2n) is 5.35. The van der Waals surface area contributed by atoms with Gasteiger partial charge in [-0.15, -0.1) is 0 Å². The SMILES string of the molecule is CN1CCN(c2ccc3c(c2)N(C)C(=O)C3N)CC1=O. The van der Waals surface area contributed by atoms with E-state index in [1.807, 2.05) is 30.1 Å². The van der Waals surface area contributed by atoms with E-state index in [1.165, 1.54) is 0 Å². The molecule has 1 aromatic carbocycles. The lowest BCUT2D eigenvalue weighted by molar-refractivity contribution is -0.129. The summed E-state index contributed by atoms with van der Waals surface area (Å²) in [4.78, 5) is 29.0. The van der Waals surface area contributed by atoms with Gasteiger partial charge in [-0.25, -0.2) is 0 Å². The summed E-state index contributed by atoms with van der Waals surface area (Å²) in [5.74, 6) is 0.0180. The van der Waals surface area contributed by atoms with Gasteiger partial charge in [0.1, 0.15) is 6.04 Å². The average molecular weight is 274 g/mol. The van der Waals surface area contributed by atoms with Gasteiger partial charge in [0.15, 0.2) is 0 Å². The molecule has 2 N–H and O–H groups in total. The molecule has 2 aliphatic rings. The number of carbonyl (C=O) groups is 2. The number of carbonyl (C=O) groups excluding carboxylic acids is 2. The van der Waals surface area contributed by atoms with E-state index in [2.05, 4.69) is 0 Å². The van der Waals surface area contributed by atoms with Crippen LogP contribution in [0.4, 0.5) is 11.4 Å². The van der Waals surface area contributed by atoms with Crippen molar-refractivity contribution in [3.8, 4) is 0 Å². The number of nitrogens with zero attached hydrogens (tertiary/aromatic N) is 3. The molecule has 1 saturated heterocycles. The Balaban J connectivity index is 1.91. The van der Waals surface area contributed by atoms with Gasteiger partial charge in [0.25, 0.3) is 0 Å². The minimum absolute atomic E-state index is 0.0911. The first-order chi connectivity index (χ1) is 9.49. The maximum Gasteiger partial charge on any atom is 0.248 e. The monoisotopic (exact) mass is 274 g/mol. The van der Waals surface area contributed by atoms with E-state index in [1.54, 1.807) is 16.8 Å². The second kappa shape index (κ2) is 4.49. The number of nitrogens with two attached hydrogens (primary N) is 1. The molecule has 1 atom stereocenters. The number of rotatable bonds is 1. The lowest BCUT2D eigenvalue weighted by Crippen LogP contribution is -2.48. The van der Waals surface area contributed by atoms with Crippen molar-refractivity contribution in [1.29, 1.82) is 0 Å². The minimum atomic E-state index is -0.571. The van der Waals surface area contributed by atoms with Crippen molar-refractivity contribution in [2.45, 2.75) is 6.04 Å². The predicted octanol–water partition coefficient (Wildman–Crippen LogP) is -0.0588. The van der Waals surface area contributed by atoms with E-state index < -0.39 is 6.04 Å². The highest BCUT2D eigenvalue weighted by molar-refractivity contribution is 6.04. The number of piperazine rings is 1. The molecule has 2 aliphatic heterocycles. The Kier molecular flexibility index (Phi) is 2.90. The zero-order valence-electron chi connectivity index (χ0n) is 11.7. The van der Waals surface area contributed by atoms with Crippen molar-refractivity contribution in [2.75, 3.05) is 43.5 Å². The van der Waals surface area contributed by atoms with Crippen molar-refractivity contribution < 1.29 is 9.59 Å². The van der Waals surface area contributed by atoms with Crippen LogP contribution in [0.5, 0.6) is 0 Å². The molecule has 2 heterocycles. The van der Waals surface area contributed by atoms with Crippen molar-refractivity contribution in [3.63, 3.8) is 0 Å². The maximum absolute atomic E-state index is 11.9. The van der Waals surface area contributed by atoms with Gasteiger partial charge < -0.3 is 20.4 Å². The largest absolute Gasteiger partial charge is 0.360 e. The first-order valence-electron chi connectivity index (χ1n) is 6.65. The third-order valence-electron chi connectivity index (χ3n) is 4.13. The Morgan fingerprint density at radius 1 is 1.20 bits per heavy atom. The molecule has 0 aliphatic carbocycles. The van der Waals surface area contributed by atoms with Gasteiger partial charge in [-0.1, -0.05) is 6.07 Å². The molecule has 20 heavy (non-hydrogen) atoms. The fourth-order valence-electron chi connectivity index (χ4n) is 2.72. The quantitative estimate of drug-likeness (QED) is 0.779. The van der Waals surface area contributed by atoms with Crippen LogP contribution in [0.1, 0.15) is 11.6 Å². The number of hydrogen-bond acceptors (Lipinski definition) is 4. The van der Waals surface area contributed by atoms with Gasteiger partial charge >= 0.3 is 0 Å². The molecule has 2 amide bonds. The van der Waals surface area contributed by atoms with Gasteiger partial charge in [0.2, 0.25) is 11.8 Å². The molecule has 0 aromatic heterocycles. The van der Waals surface area contributed by atoms with Crippen LogP contribution in [0.2, 0.25) is 0 Å². The van der Waals surface area contributed by atoms with Gasteiger partial charge in [-0.3, -0.25) is 9.59 Å². The Bertz CT molecular complexity index is 587. The van der Waals surface area contributed by atoms with Crippen LogP contribution in [0.15, 0.2) is 18.2 Å². The fourth-order valence-corrected chi connectivity index (χ4v) is 2.72. The van der Waals surface area contributed by atoms with Crippen molar-refractivity contribution in [3.05, 3.63) is 23.8 Å². The summed E-state index contributed by atoms with van der Waals surface area (Å²) >= 11 is 0. The average Bonchev–Trinajstić information content (AvgIpc) is 2.66. The molecule has 1 fully saturated rings. The van der Waals surface area contributed by atoms with Crippen LogP contribution < -0.4 is 15.5 Å². The first kappa shape index (κ1) is 12.9. The summed E-state index contributed by atoms with van der Waals surface area (Å²) in [6.45, 7) is 1.88. The highest BCUT2D eigenvalue weighted by atomic mass is 16.2. The molecule has 1 aromatic rings. The fraction of sp³-hybridized carbons (Fsp3) is 0.429. The van der Waals surface area contributed by atoms with Crippen molar-refractivity contribution in [1.82, 2.24) is 4.90 Å². The lowest BCUT2D eigenvalue weighted by atomic mass is 10.1. The smallest absolute Gasteiger partial charge is 0.248 e. The van der Waals surface area contributed by atoms with Gasteiger partial charge in [0.05, 0.1) is 12.2 Å². The predicted molar refractivity (Wildman–Crippen MR) is 76.6 cm³/mol. The standard InChI is InChI=1S/C14H18N4O2/c1-16-5-6-18(8-12(16)19)9-3-4-10-11(7-9)17(2)14(20)13(10)15/h3-4,7,13H,5-6,8,15H2,1-2H3. The van der Waals surface area contributed by atoms with E-state index in [0.29, 0.717) is 13.1 Å². The summed E-state index contributed by atoms with van der Waals surface area (Å²) in [5, 5.41) is 0. The van der Waals surface area contributed by atoms with Crippen LogP contribution in [0.3, 0.4) is 0 Å². The van der Waals surface area contributed by atoms with Crippen LogP contribution in [0.25, 0.3) is 0 Å². The summed E-state index contributed by atoms with van der Waals surface area (Å²) < 4.78 is 0. The summed E-state index contributed by atoms with van der Waals surface area (Å²) in [6.07, 6.45) is 0. The zero-order valence-corrected chi connectivity index (χ0v) is 11.7. The van der Waals surface area contributed by atoms with E-state index in [0.717, 1.165) is 23.5 Å². The van der Waals surface area contributed by atoms with Crippen LogP contribution in [0, 0.1) is 0 Å². The second-order valence-corrected chi connectivity index (χ2v) is 5.35. The number of benzene rings is 1. The molecule has 1 unspecified atom stereocenters. The van der Waals surface area contributed by atoms with E-state index in [-0.39, 0.29) is 11.8 Å². The Labute approximate surface area is 117 Å². The topological polar surface area (TPSA) is 69.9 Å². The number of fused-ring (bicyclic) bond motifs is 1. The summed E-state index contributed by atoms with van der Waals surface area (Å²) in [5.41, 5.74) is 8.53. The van der Waals surface area contributed by atoms with Crippen molar-refractivity contribution >= 4 is 23.2 Å². The lowest BCUT2D eigenvalue weighted by Gasteiger charge is -2.33.